The third kappa shape index (κ3) is 3.81. The number of rotatable bonds is 5. The summed E-state index contributed by atoms with van der Waals surface area (Å²) in [7, 11) is 5.75. The molecule has 1 aliphatic rings. The van der Waals surface area contributed by atoms with Crippen LogP contribution in [0, 0.1) is 5.92 Å². The van der Waals surface area contributed by atoms with Gasteiger partial charge in [-0.15, -0.1) is 0 Å². The van der Waals surface area contributed by atoms with Gasteiger partial charge < -0.3 is 15.1 Å². The summed E-state index contributed by atoms with van der Waals surface area (Å²) in [6.45, 7) is 2.20. The number of hydrogen-bond donors (Lipinski definition) is 1. The number of carbonyl (C=O) groups is 2. The first kappa shape index (κ1) is 13.0. The number of hydrogen-bond acceptors (Lipinski definition) is 3. The maximum absolute atomic E-state index is 11.7. The molecule has 92 valence electrons. The minimum absolute atomic E-state index is 0.0106. The van der Waals surface area contributed by atoms with Crippen LogP contribution >= 0.6 is 0 Å². The summed E-state index contributed by atoms with van der Waals surface area (Å²) in [4.78, 5) is 26.6. The van der Waals surface area contributed by atoms with E-state index < -0.39 is 0 Å². The molecule has 16 heavy (non-hydrogen) atoms. The third-order valence-corrected chi connectivity index (χ3v) is 2.79. The van der Waals surface area contributed by atoms with Crippen molar-refractivity contribution in [2.24, 2.45) is 5.92 Å². The summed E-state index contributed by atoms with van der Waals surface area (Å²) >= 11 is 0. The van der Waals surface area contributed by atoms with Gasteiger partial charge in [-0.2, -0.15) is 0 Å². The summed E-state index contributed by atoms with van der Waals surface area (Å²) in [6.07, 6.45) is 1.30. The van der Waals surface area contributed by atoms with Gasteiger partial charge in [0.2, 0.25) is 11.8 Å². The lowest BCUT2D eigenvalue weighted by molar-refractivity contribution is -0.128. The number of likely N-dealkylation sites (tertiary alicyclic amines) is 1. The Labute approximate surface area is 96.8 Å². The van der Waals surface area contributed by atoms with Crippen molar-refractivity contribution in [3.8, 4) is 0 Å². The molecule has 2 amide bonds. The molecular weight excluding hydrogens is 206 g/mol. The van der Waals surface area contributed by atoms with E-state index in [2.05, 4.69) is 10.2 Å². The van der Waals surface area contributed by atoms with Crippen molar-refractivity contribution >= 4 is 11.8 Å². The van der Waals surface area contributed by atoms with Gasteiger partial charge in [0, 0.05) is 26.6 Å². The molecule has 0 saturated carbocycles. The zero-order valence-electron chi connectivity index (χ0n) is 10.3. The Morgan fingerprint density at radius 2 is 2.25 bits per heavy atom. The Bertz CT molecular complexity index is 266. The molecule has 1 aliphatic heterocycles. The normalized spacial score (nSPS) is 20.6. The Kier molecular flexibility index (Phi) is 4.73. The smallest absolute Gasteiger partial charge is 0.225 e. The lowest BCUT2D eigenvalue weighted by Gasteiger charge is -2.12. The average Bonchev–Trinajstić information content (AvgIpc) is 2.54. The van der Waals surface area contributed by atoms with Gasteiger partial charge in [0.15, 0.2) is 0 Å². The number of amides is 2. The van der Waals surface area contributed by atoms with E-state index in [0.29, 0.717) is 19.5 Å². The highest BCUT2D eigenvalue weighted by Gasteiger charge is 2.31. The van der Waals surface area contributed by atoms with Gasteiger partial charge in [0.1, 0.15) is 0 Å². The molecule has 0 radical (unpaired) electrons. The van der Waals surface area contributed by atoms with Gasteiger partial charge in [0.05, 0.1) is 5.92 Å². The van der Waals surface area contributed by atoms with Gasteiger partial charge >= 0.3 is 0 Å². The van der Waals surface area contributed by atoms with Crippen molar-refractivity contribution in [3.63, 3.8) is 0 Å². The lowest BCUT2D eigenvalue weighted by Crippen LogP contribution is -2.33. The maximum Gasteiger partial charge on any atom is 0.225 e. The molecule has 0 aliphatic carbocycles. The predicted molar refractivity (Wildman–Crippen MR) is 61.9 cm³/mol. The first-order valence-electron chi connectivity index (χ1n) is 5.67. The molecule has 1 N–H and O–H groups in total. The van der Waals surface area contributed by atoms with E-state index in [4.69, 9.17) is 0 Å². The van der Waals surface area contributed by atoms with Crippen molar-refractivity contribution in [1.82, 2.24) is 15.1 Å². The Balaban J connectivity index is 2.18. The van der Waals surface area contributed by atoms with Gasteiger partial charge in [-0.05, 0) is 27.1 Å². The average molecular weight is 227 g/mol. The Hall–Kier alpha value is -1.10. The van der Waals surface area contributed by atoms with E-state index in [9.17, 15) is 9.59 Å². The van der Waals surface area contributed by atoms with E-state index >= 15 is 0 Å². The third-order valence-electron chi connectivity index (χ3n) is 2.79. The summed E-state index contributed by atoms with van der Waals surface area (Å²) in [5, 5.41) is 2.88. The molecule has 0 aromatic heterocycles. The van der Waals surface area contributed by atoms with Crippen LogP contribution in [-0.4, -0.2) is 62.4 Å². The SMILES string of the molecule is CN(C)CCCNC(=O)C1CC(=O)N(C)C1. The monoisotopic (exact) mass is 227 g/mol. The first-order valence-corrected chi connectivity index (χ1v) is 5.67. The summed E-state index contributed by atoms with van der Waals surface area (Å²) in [5.74, 6) is -0.0817. The fourth-order valence-corrected chi connectivity index (χ4v) is 1.79. The van der Waals surface area contributed by atoms with E-state index in [0.717, 1.165) is 13.0 Å². The first-order chi connectivity index (χ1) is 7.50. The van der Waals surface area contributed by atoms with E-state index in [-0.39, 0.29) is 17.7 Å². The van der Waals surface area contributed by atoms with Crippen LogP contribution in [0.3, 0.4) is 0 Å². The second-order valence-electron chi connectivity index (χ2n) is 4.62. The molecule has 1 rings (SSSR count). The van der Waals surface area contributed by atoms with Crippen LogP contribution in [0.5, 0.6) is 0 Å². The van der Waals surface area contributed by atoms with Gasteiger partial charge in [-0.25, -0.2) is 0 Å². The summed E-state index contributed by atoms with van der Waals surface area (Å²) < 4.78 is 0. The van der Waals surface area contributed by atoms with Crippen LogP contribution < -0.4 is 5.32 Å². The lowest BCUT2D eigenvalue weighted by atomic mass is 10.1. The minimum Gasteiger partial charge on any atom is -0.356 e. The van der Waals surface area contributed by atoms with E-state index in [1.165, 1.54) is 0 Å². The van der Waals surface area contributed by atoms with Crippen LogP contribution in [0.15, 0.2) is 0 Å². The molecule has 5 heteroatoms. The molecular formula is C11H21N3O2. The Morgan fingerprint density at radius 3 is 2.75 bits per heavy atom. The van der Waals surface area contributed by atoms with Crippen LogP contribution in [0.4, 0.5) is 0 Å². The van der Waals surface area contributed by atoms with Crippen molar-refractivity contribution in [3.05, 3.63) is 0 Å². The van der Waals surface area contributed by atoms with Gasteiger partial charge in [0.25, 0.3) is 0 Å². The molecule has 0 bridgehead atoms. The van der Waals surface area contributed by atoms with Crippen molar-refractivity contribution < 1.29 is 9.59 Å². The number of nitrogens with one attached hydrogen (secondary N) is 1. The minimum atomic E-state index is -0.156. The quantitative estimate of drug-likeness (QED) is 0.646. The van der Waals surface area contributed by atoms with Gasteiger partial charge in [-0.3, -0.25) is 9.59 Å². The molecule has 1 saturated heterocycles. The topological polar surface area (TPSA) is 52.7 Å². The highest BCUT2D eigenvalue weighted by Crippen LogP contribution is 2.15. The second-order valence-corrected chi connectivity index (χ2v) is 4.62. The highest BCUT2D eigenvalue weighted by atomic mass is 16.2. The fraction of sp³-hybridized carbons (Fsp3) is 0.818. The van der Waals surface area contributed by atoms with E-state index in [1.54, 1.807) is 11.9 Å². The molecule has 1 unspecified atom stereocenters. The molecule has 0 spiro atoms. The maximum atomic E-state index is 11.7. The largest absolute Gasteiger partial charge is 0.356 e. The fourth-order valence-electron chi connectivity index (χ4n) is 1.79. The van der Waals surface area contributed by atoms with Crippen LogP contribution in [0.25, 0.3) is 0 Å². The standard InChI is InChI=1S/C11H21N3O2/c1-13(2)6-4-5-12-11(16)9-7-10(15)14(3)8-9/h9H,4-8H2,1-3H3,(H,12,16). The molecule has 1 atom stereocenters. The zero-order chi connectivity index (χ0) is 12.1. The second kappa shape index (κ2) is 5.84. The number of carbonyl (C=O) groups excluding carboxylic acids is 2. The molecule has 1 heterocycles. The van der Waals surface area contributed by atoms with E-state index in [1.807, 2.05) is 14.1 Å². The van der Waals surface area contributed by atoms with Crippen molar-refractivity contribution in [2.75, 3.05) is 40.8 Å². The van der Waals surface area contributed by atoms with Gasteiger partial charge in [-0.1, -0.05) is 0 Å². The summed E-state index contributed by atoms with van der Waals surface area (Å²) in [6, 6.07) is 0. The summed E-state index contributed by atoms with van der Waals surface area (Å²) in [5.41, 5.74) is 0. The predicted octanol–water partition coefficient (Wildman–Crippen LogP) is -0.467. The molecule has 5 nitrogen and oxygen atoms in total. The van der Waals surface area contributed by atoms with Crippen molar-refractivity contribution in [1.29, 1.82) is 0 Å². The number of nitrogens with zero attached hydrogens (tertiary/aromatic N) is 2. The molecule has 0 aromatic rings. The highest BCUT2D eigenvalue weighted by molar-refractivity contribution is 5.89. The Morgan fingerprint density at radius 1 is 1.56 bits per heavy atom. The van der Waals surface area contributed by atoms with Crippen LogP contribution in [-0.2, 0) is 9.59 Å². The van der Waals surface area contributed by atoms with Crippen molar-refractivity contribution in [2.45, 2.75) is 12.8 Å². The van der Waals surface area contributed by atoms with Crippen LogP contribution in [0.1, 0.15) is 12.8 Å². The van der Waals surface area contributed by atoms with Crippen LogP contribution in [0.2, 0.25) is 0 Å². The molecule has 0 aromatic carbocycles. The zero-order valence-corrected chi connectivity index (χ0v) is 10.3. The molecule has 1 fully saturated rings.